The minimum atomic E-state index is -0.471. The van der Waals surface area contributed by atoms with Crippen LogP contribution < -0.4 is 10.1 Å². The number of amides is 1. The molecule has 6 heteroatoms. The van der Waals surface area contributed by atoms with Gasteiger partial charge in [-0.1, -0.05) is 12.0 Å². The average molecular weight is 337 g/mol. The Morgan fingerprint density at radius 1 is 1.44 bits per heavy atom. The average Bonchev–Trinajstić information content (AvgIpc) is 2.99. The second kappa shape index (κ2) is 7.05. The summed E-state index contributed by atoms with van der Waals surface area (Å²) < 4.78 is 20.5. The molecule has 1 N–H and O–H groups in total. The summed E-state index contributed by atoms with van der Waals surface area (Å²) in [6.45, 7) is 1.94. The van der Waals surface area contributed by atoms with Crippen molar-refractivity contribution >= 4 is 17.2 Å². The first-order chi connectivity index (χ1) is 12.1. The number of aryl methyl sites for hydroxylation is 1. The van der Waals surface area contributed by atoms with Gasteiger partial charge in [0.05, 0.1) is 17.8 Å². The van der Waals surface area contributed by atoms with Crippen LogP contribution in [0.5, 0.6) is 5.75 Å². The smallest absolute Gasteiger partial charge is 0.230 e. The fourth-order valence-corrected chi connectivity index (χ4v) is 2.49. The number of terminal acetylenes is 1. The lowest BCUT2D eigenvalue weighted by Gasteiger charge is -2.10. The first-order valence-corrected chi connectivity index (χ1v) is 7.65. The minimum Gasteiger partial charge on any atom is -0.479 e. The molecule has 0 atom stereocenters. The molecule has 0 saturated carbocycles. The van der Waals surface area contributed by atoms with Gasteiger partial charge in [0, 0.05) is 18.5 Å². The van der Waals surface area contributed by atoms with Gasteiger partial charge in [-0.05, 0) is 30.7 Å². The van der Waals surface area contributed by atoms with Crippen LogP contribution in [-0.4, -0.2) is 21.9 Å². The Balaban J connectivity index is 1.76. The number of aromatic nitrogens is 2. The van der Waals surface area contributed by atoms with Crippen molar-refractivity contribution in [1.82, 2.24) is 9.38 Å². The molecule has 0 aliphatic carbocycles. The third-order valence-electron chi connectivity index (χ3n) is 3.60. The molecule has 0 saturated heterocycles. The summed E-state index contributed by atoms with van der Waals surface area (Å²) in [6, 6.07) is 7.74. The third kappa shape index (κ3) is 3.78. The molecule has 0 unspecified atom stereocenters. The number of hydrogen-bond donors (Lipinski definition) is 1. The SMILES string of the molecule is C#CCOc1cc(F)ccc1NC(=O)Cc1cn2cccc(C)c2n1. The number of halogens is 1. The number of pyridine rings is 1. The third-order valence-corrected chi connectivity index (χ3v) is 3.60. The van der Waals surface area contributed by atoms with E-state index in [-0.39, 0.29) is 24.7 Å². The zero-order valence-corrected chi connectivity index (χ0v) is 13.6. The lowest BCUT2D eigenvalue weighted by atomic mass is 10.2. The Morgan fingerprint density at radius 3 is 3.04 bits per heavy atom. The van der Waals surface area contributed by atoms with E-state index in [1.807, 2.05) is 35.9 Å². The van der Waals surface area contributed by atoms with Gasteiger partial charge in [0.1, 0.15) is 23.8 Å². The van der Waals surface area contributed by atoms with Crippen molar-refractivity contribution in [2.75, 3.05) is 11.9 Å². The lowest BCUT2D eigenvalue weighted by molar-refractivity contribution is -0.115. The van der Waals surface area contributed by atoms with E-state index in [1.165, 1.54) is 18.2 Å². The van der Waals surface area contributed by atoms with E-state index in [9.17, 15) is 9.18 Å². The number of imidazole rings is 1. The van der Waals surface area contributed by atoms with Crippen LogP contribution >= 0.6 is 0 Å². The fraction of sp³-hybridized carbons (Fsp3) is 0.158. The van der Waals surface area contributed by atoms with Crippen molar-refractivity contribution in [3.8, 4) is 18.1 Å². The van der Waals surface area contributed by atoms with Crippen molar-refractivity contribution < 1.29 is 13.9 Å². The van der Waals surface area contributed by atoms with E-state index in [0.717, 1.165) is 11.2 Å². The van der Waals surface area contributed by atoms with Gasteiger partial charge in [-0.15, -0.1) is 6.42 Å². The number of benzene rings is 1. The highest BCUT2D eigenvalue weighted by Gasteiger charge is 2.12. The predicted octanol–water partition coefficient (Wildman–Crippen LogP) is 2.98. The van der Waals surface area contributed by atoms with Crippen molar-refractivity contribution in [3.63, 3.8) is 0 Å². The number of anilines is 1. The lowest BCUT2D eigenvalue weighted by Crippen LogP contribution is -2.15. The number of rotatable bonds is 5. The number of ether oxygens (including phenoxy) is 1. The molecule has 2 aromatic heterocycles. The van der Waals surface area contributed by atoms with Crippen molar-refractivity contribution in [1.29, 1.82) is 0 Å². The van der Waals surface area contributed by atoms with Gasteiger partial charge >= 0.3 is 0 Å². The maximum absolute atomic E-state index is 13.4. The maximum Gasteiger partial charge on any atom is 0.230 e. The Hall–Kier alpha value is -3.33. The summed E-state index contributed by atoms with van der Waals surface area (Å²) in [4.78, 5) is 16.8. The maximum atomic E-state index is 13.4. The van der Waals surface area contributed by atoms with E-state index in [2.05, 4.69) is 16.2 Å². The standard InChI is InChI=1S/C19H16FN3O2/c1-3-9-25-17-10-14(20)6-7-16(17)22-18(24)11-15-12-23-8-4-5-13(2)19(23)21-15/h1,4-8,10,12H,9,11H2,2H3,(H,22,24). The first-order valence-electron chi connectivity index (χ1n) is 7.65. The van der Waals surface area contributed by atoms with Crippen LogP contribution in [0.15, 0.2) is 42.7 Å². The van der Waals surface area contributed by atoms with Crippen LogP contribution in [0.4, 0.5) is 10.1 Å². The second-order valence-corrected chi connectivity index (χ2v) is 5.51. The van der Waals surface area contributed by atoms with Crippen molar-refractivity contribution in [3.05, 3.63) is 59.8 Å². The summed E-state index contributed by atoms with van der Waals surface area (Å²) in [6.07, 6.45) is 8.93. The molecule has 0 spiro atoms. The van der Waals surface area contributed by atoms with Gasteiger partial charge in [-0.3, -0.25) is 4.79 Å². The largest absolute Gasteiger partial charge is 0.479 e. The molecule has 0 bridgehead atoms. The van der Waals surface area contributed by atoms with Crippen LogP contribution in [0.25, 0.3) is 5.65 Å². The monoisotopic (exact) mass is 337 g/mol. The van der Waals surface area contributed by atoms with Crippen LogP contribution in [-0.2, 0) is 11.2 Å². The van der Waals surface area contributed by atoms with E-state index in [0.29, 0.717) is 11.4 Å². The second-order valence-electron chi connectivity index (χ2n) is 5.51. The summed E-state index contributed by atoms with van der Waals surface area (Å²) in [5, 5.41) is 2.71. The van der Waals surface area contributed by atoms with E-state index >= 15 is 0 Å². The Morgan fingerprint density at radius 2 is 2.28 bits per heavy atom. The molecule has 126 valence electrons. The normalized spacial score (nSPS) is 10.4. The van der Waals surface area contributed by atoms with Gasteiger partial charge in [0.15, 0.2) is 0 Å². The molecule has 0 fully saturated rings. The van der Waals surface area contributed by atoms with E-state index in [4.69, 9.17) is 11.2 Å². The summed E-state index contributed by atoms with van der Waals surface area (Å²) >= 11 is 0. The Labute approximate surface area is 144 Å². The Bertz CT molecular complexity index is 972. The molecule has 2 heterocycles. The molecule has 3 rings (SSSR count). The quantitative estimate of drug-likeness (QED) is 0.728. The highest BCUT2D eigenvalue weighted by atomic mass is 19.1. The first kappa shape index (κ1) is 16.5. The number of carbonyl (C=O) groups is 1. The molecule has 5 nitrogen and oxygen atoms in total. The fourth-order valence-electron chi connectivity index (χ4n) is 2.49. The van der Waals surface area contributed by atoms with Crippen molar-refractivity contribution in [2.24, 2.45) is 0 Å². The van der Waals surface area contributed by atoms with Gasteiger partial charge in [-0.2, -0.15) is 0 Å². The van der Waals surface area contributed by atoms with Crippen LogP contribution in [0, 0.1) is 25.1 Å². The number of nitrogens with zero attached hydrogens (tertiary/aromatic N) is 2. The molecule has 25 heavy (non-hydrogen) atoms. The molecule has 0 radical (unpaired) electrons. The summed E-state index contributed by atoms with van der Waals surface area (Å²) in [5.74, 6) is 1.75. The summed E-state index contributed by atoms with van der Waals surface area (Å²) in [7, 11) is 0. The van der Waals surface area contributed by atoms with Crippen LogP contribution in [0.3, 0.4) is 0 Å². The molecule has 3 aromatic rings. The number of fused-ring (bicyclic) bond motifs is 1. The van der Waals surface area contributed by atoms with Crippen molar-refractivity contribution in [2.45, 2.75) is 13.3 Å². The zero-order valence-electron chi connectivity index (χ0n) is 13.6. The van der Waals surface area contributed by atoms with Gasteiger partial charge < -0.3 is 14.5 Å². The topological polar surface area (TPSA) is 55.6 Å². The predicted molar refractivity (Wildman–Crippen MR) is 93.0 cm³/mol. The van der Waals surface area contributed by atoms with Crippen LogP contribution in [0.1, 0.15) is 11.3 Å². The molecular formula is C19H16FN3O2. The van der Waals surface area contributed by atoms with Crippen LogP contribution in [0.2, 0.25) is 0 Å². The molecule has 0 aliphatic heterocycles. The van der Waals surface area contributed by atoms with Gasteiger partial charge in [0.2, 0.25) is 5.91 Å². The number of carbonyl (C=O) groups excluding carboxylic acids is 1. The molecule has 1 aromatic carbocycles. The number of nitrogens with one attached hydrogen (secondary N) is 1. The highest BCUT2D eigenvalue weighted by Crippen LogP contribution is 2.25. The Kier molecular flexibility index (Phi) is 4.66. The summed E-state index contributed by atoms with van der Waals surface area (Å²) in [5.41, 5.74) is 2.84. The molecule has 1 amide bonds. The molecular weight excluding hydrogens is 321 g/mol. The van der Waals surface area contributed by atoms with Gasteiger partial charge in [-0.25, -0.2) is 9.37 Å². The highest BCUT2D eigenvalue weighted by molar-refractivity contribution is 5.93. The molecule has 0 aliphatic rings. The number of hydrogen-bond acceptors (Lipinski definition) is 3. The van der Waals surface area contributed by atoms with E-state index in [1.54, 1.807) is 0 Å². The van der Waals surface area contributed by atoms with Gasteiger partial charge in [0.25, 0.3) is 0 Å². The zero-order chi connectivity index (χ0) is 17.8. The van der Waals surface area contributed by atoms with E-state index < -0.39 is 5.82 Å². The minimum absolute atomic E-state index is 0.0158.